The van der Waals surface area contributed by atoms with E-state index in [2.05, 4.69) is 0 Å². The summed E-state index contributed by atoms with van der Waals surface area (Å²) < 4.78 is 49.4. The molecule has 4 nitrogen and oxygen atoms in total. The predicted octanol–water partition coefficient (Wildman–Crippen LogP) is 5.15. The Morgan fingerprint density at radius 1 is 1.18 bits per heavy atom. The van der Waals surface area contributed by atoms with Gasteiger partial charge in [0.25, 0.3) is 0 Å². The van der Waals surface area contributed by atoms with E-state index >= 15 is 0 Å². The molecule has 1 amide bonds. The van der Waals surface area contributed by atoms with E-state index < -0.39 is 11.7 Å². The Labute approximate surface area is 165 Å². The van der Waals surface area contributed by atoms with Crippen molar-refractivity contribution in [3.63, 3.8) is 0 Å². The zero-order chi connectivity index (χ0) is 20.3. The first kappa shape index (κ1) is 20.1. The summed E-state index contributed by atoms with van der Waals surface area (Å²) in [6.45, 7) is 2.76. The van der Waals surface area contributed by atoms with Gasteiger partial charge in [0.1, 0.15) is 0 Å². The number of hydrogen-bond donors (Lipinski definition) is 0. The average Bonchev–Trinajstić information content (AvgIpc) is 3.12. The summed E-state index contributed by atoms with van der Waals surface area (Å²) in [7, 11) is 0. The van der Waals surface area contributed by atoms with Gasteiger partial charge in [0.15, 0.2) is 11.5 Å². The smallest absolute Gasteiger partial charge is 0.417 e. The normalized spacial score (nSPS) is 13.2. The van der Waals surface area contributed by atoms with E-state index in [9.17, 15) is 18.0 Å². The van der Waals surface area contributed by atoms with Gasteiger partial charge in [-0.15, -0.1) is 0 Å². The minimum Gasteiger partial charge on any atom is -0.454 e. The molecule has 8 heteroatoms. The molecule has 0 saturated heterocycles. The molecule has 0 radical (unpaired) electrons. The fraction of sp³-hybridized carbons (Fsp3) is 0.250. The quantitative estimate of drug-likeness (QED) is 0.639. The number of nitrogens with zero attached hydrogens (tertiary/aromatic N) is 1. The molecule has 2 aromatic carbocycles. The summed E-state index contributed by atoms with van der Waals surface area (Å²) >= 11 is 5.61. The lowest BCUT2D eigenvalue weighted by Crippen LogP contribution is -2.28. The van der Waals surface area contributed by atoms with Crippen molar-refractivity contribution in [1.82, 2.24) is 4.90 Å². The van der Waals surface area contributed by atoms with Gasteiger partial charge in [0, 0.05) is 19.2 Å². The van der Waals surface area contributed by atoms with Crippen LogP contribution in [-0.2, 0) is 17.5 Å². The molecule has 0 aromatic heterocycles. The molecule has 1 heterocycles. The minimum atomic E-state index is -4.56. The van der Waals surface area contributed by atoms with Gasteiger partial charge in [0.2, 0.25) is 12.7 Å². The standard InChI is InChI=1S/C20H17ClF3NO3/c1-2-25(11-14-4-7-17-18(10-14)28-12-27-17)19(26)8-5-13-3-6-16(21)15(9-13)20(22,23)24/h3-10H,2,11-12H2,1H3/b8-5+. The molecule has 1 aliphatic heterocycles. The highest BCUT2D eigenvalue weighted by Crippen LogP contribution is 2.35. The van der Waals surface area contributed by atoms with Crippen LogP contribution in [-0.4, -0.2) is 24.1 Å². The van der Waals surface area contributed by atoms with E-state index in [-0.39, 0.29) is 23.3 Å². The van der Waals surface area contributed by atoms with Crippen LogP contribution < -0.4 is 9.47 Å². The summed E-state index contributed by atoms with van der Waals surface area (Å²) in [6.07, 6.45) is -1.96. The van der Waals surface area contributed by atoms with Crippen molar-refractivity contribution in [2.45, 2.75) is 19.6 Å². The summed E-state index contributed by atoms with van der Waals surface area (Å²) in [4.78, 5) is 14.0. The molecule has 3 rings (SSSR count). The summed E-state index contributed by atoms with van der Waals surface area (Å²) in [6, 6.07) is 8.92. The lowest BCUT2D eigenvalue weighted by atomic mass is 10.1. The fourth-order valence-electron chi connectivity index (χ4n) is 2.74. The lowest BCUT2D eigenvalue weighted by Gasteiger charge is -2.19. The highest BCUT2D eigenvalue weighted by molar-refractivity contribution is 6.31. The molecular formula is C20H17ClF3NO3. The second kappa shape index (κ2) is 8.14. The van der Waals surface area contributed by atoms with Gasteiger partial charge in [-0.2, -0.15) is 13.2 Å². The Kier molecular flexibility index (Phi) is 5.84. The molecule has 0 N–H and O–H groups in total. The maximum atomic E-state index is 12.9. The number of ether oxygens (including phenoxy) is 2. The Hall–Kier alpha value is -2.67. The van der Waals surface area contributed by atoms with Crippen LogP contribution in [0.4, 0.5) is 13.2 Å². The van der Waals surface area contributed by atoms with Crippen LogP contribution in [0.3, 0.4) is 0 Å². The van der Waals surface area contributed by atoms with Crippen LogP contribution in [0.2, 0.25) is 5.02 Å². The van der Waals surface area contributed by atoms with E-state index in [1.54, 1.807) is 17.0 Å². The first-order valence-corrected chi connectivity index (χ1v) is 8.88. The van der Waals surface area contributed by atoms with E-state index in [4.69, 9.17) is 21.1 Å². The van der Waals surface area contributed by atoms with Crippen LogP contribution in [0, 0.1) is 0 Å². The third-order valence-electron chi connectivity index (χ3n) is 4.22. The van der Waals surface area contributed by atoms with Crippen molar-refractivity contribution in [3.05, 3.63) is 64.2 Å². The molecule has 0 atom stereocenters. The molecule has 0 unspecified atom stereocenters. The number of fused-ring (bicyclic) bond motifs is 1. The van der Waals surface area contributed by atoms with Gasteiger partial charge in [-0.1, -0.05) is 23.7 Å². The molecular weight excluding hydrogens is 395 g/mol. The Bertz CT molecular complexity index is 912. The topological polar surface area (TPSA) is 38.8 Å². The molecule has 1 aliphatic rings. The summed E-state index contributed by atoms with van der Waals surface area (Å²) in [5, 5.41) is -0.381. The molecule has 0 bridgehead atoms. The van der Waals surface area contributed by atoms with Gasteiger partial charge < -0.3 is 14.4 Å². The highest BCUT2D eigenvalue weighted by atomic mass is 35.5. The van der Waals surface area contributed by atoms with E-state index in [0.717, 1.165) is 11.6 Å². The van der Waals surface area contributed by atoms with E-state index in [0.29, 0.717) is 24.6 Å². The number of amides is 1. The van der Waals surface area contributed by atoms with Gasteiger partial charge in [-0.05, 0) is 48.4 Å². The highest BCUT2D eigenvalue weighted by Gasteiger charge is 2.33. The molecule has 0 saturated carbocycles. The molecule has 0 spiro atoms. The first-order chi connectivity index (χ1) is 13.3. The number of carbonyl (C=O) groups excluding carboxylic acids is 1. The monoisotopic (exact) mass is 411 g/mol. The summed E-state index contributed by atoms with van der Waals surface area (Å²) in [5.74, 6) is 0.960. The second-order valence-corrected chi connectivity index (χ2v) is 6.52. The van der Waals surface area contributed by atoms with Crippen LogP contribution >= 0.6 is 11.6 Å². The second-order valence-electron chi connectivity index (χ2n) is 6.11. The van der Waals surface area contributed by atoms with Crippen LogP contribution in [0.25, 0.3) is 6.08 Å². The van der Waals surface area contributed by atoms with Crippen molar-refractivity contribution < 1.29 is 27.4 Å². The lowest BCUT2D eigenvalue weighted by molar-refractivity contribution is -0.137. The maximum Gasteiger partial charge on any atom is 0.417 e. The number of likely N-dealkylation sites (N-methyl/N-ethyl adjacent to an activating group) is 1. The largest absolute Gasteiger partial charge is 0.454 e. The Morgan fingerprint density at radius 3 is 2.64 bits per heavy atom. The van der Waals surface area contributed by atoms with Gasteiger partial charge in [0.05, 0.1) is 10.6 Å². The molecule has 148 valence electrons. The molecule has 2 aromatic rings. The number of rotatable bonds is 5. The van der Waals surface area contributed by atoms with Gasteiger partial charge >= 0.3 is 6.18 Å². The predicted molar refractivity (Wildman–Crippen MR) is 99.1 cm³/mol. The van der Waals surface area contributed by atoms with Crippen LogP contribution in [0.15, 0.2) is 42.5 Å². The van der Waals surface area contributed by atoms with Crippen molar-refractivity contribution >= 4 is 23.6 Å². The van der Waals surface area contributed by atoms with Crippen molar-refractivity contribution in [1.29, 1.82) is 0 Å². The van der Waals surface area contributed by atoms with E-state index in [1.807, 2.05) is 13.0 Å². The average molecular weight is 412 g/mol. The van der Waals surface area contributed by atoms with Gasteiger partial charge in [-0.25, -0.2) is 0 Å². The SMILES string of the molecule is CCN(Cc1ccc2c(c1)OCO2)C(=O)/C=C/c1ccc(Cl)c(C(F)(F)F)c1. The van der Waals surface area contributed by atoms with Crippen molar-refractivity contribution in [2.75, 3.05) is 13.3 Å². The third-order valence-corrected chi connectivity index (χ3v) is 4.55. The van der Waals surface area contributed by atoms with Crippen molar-refractivity contribution in [2.24, 2.45) is 0 Å². The number of halogens is 4. The zero-order valence-corrected chi connectivity index (χ0v) is 15.7. The number of carbonyl (C=O) groups is 1. The maximum absolute atomic E-state index is 12.9. The molecule has 0 aliphatic carbocycles. The first-order valence-electron chi connectivity index (χ1n) is 8.50. The molecule has 0 fully saturated rings. The van der Waals surface area contributed by atoms with Gasteiger partial charge in [-0.3, -0.25) is 4.79 Å². The Morgan fingerprint density at radius 2 is 1.93 bits per heavy atom. The minimum absolute atomic E-state index is 0.166. The van der Waals surface area contributed by atoms with Crippen LogP contribution in [0.1, 0.15) is 23.6 Å². The zero-order valence-electron chi connectivity index (χ0n) is 14.9. The van der Waals surface area contributed by atoms with Crippen molar-refractivity contribution in [3.8, 4) is 11.5 Å². The van der Waals surface area contributed by atoms with E-state index in [1.165, 1.54) is 24.3 Å². The number of hydrogen-bond acceptors (Lipinski definition) is 3. The van der Waals surface area contributed by atoms with Crippen LogP contribution in [0.5, 0.6) is 11.5 Å². The molecule has 28 heavy (non-hydrogen) atoms. The summed E-state index contributed by atoms with van der Waals surface area (Å²) in [5.41, 5.74) is 0.166. The third kappa shape index (κ3) is 4.59. The number of benzene rings is 2. The fourth-order valence-corrected chi connectivity index (χ4v) is 2.97. The number of alkyl halides is 3. The Balaban J connectivity index is 1.72.